The molecule has 0 saturated carbocycles. The van der Waals surface area contributed by atoms with E-state index in [2.05, 4.69) is 0 Å². The number of esters is 2. The summed E-state index contributed by atoms with van der Waals surface area (Å²) in [6.45, 7) is 1.89. The number of rotatable bonds is 6. The van der Waals surface area contributed by atoms with Crippen molar-refractivity contribution in [1.82, 2.24) is 0 Å². The van der Waals surface area contributed by atoms with Gasteiger partial charge in [-0.25, -0.2) is 0 Å². The Morgan fingerprint density at radius 3 is 1.75 bits per heavy atom. The zero-order valence-electron chi connectivity index (χ0n) is 8.93. The molecule has 6 nitrogen and oxygen atoms in total. The molecule has 0 aromatic carbocycles. The highest BCUT2D eigenvalue weighted by Gasteiger charge is 2.09. The third kappa shape index (κ3) is 7.34. The van der Waals surface area contributed by atoms with E-state index in [-0.39, 0.29) is 32.0 Å². The van der Waals surface area contributed by atoms with Crippen LogP contribution in [-0.2, 0) is 19.1 Å². The lowest BCUT2D eigenvalue weighted by Crippen LogP contribution is -2.18. The van der Waals surface area contributed by atoms with Gasteiger partial charge in [0.15, 0.2) is 0 Å². The van der Waals surface area contributed by atoms with Crippen LogP contribution in [0.5, 0.6) is 0 Å². The van der Waals surface area contributed by atoms with Crippen molar-refractivity contribution in [2.24, 2.45) is 5.92 Å². The number of nitrogens with zero attached hydrogens (tertiary/aromatic N) is 2. The molecule has 0 aliphatic carbocycles. The lowest BCUT2D eigenvalue weighted by atomic mass is 10.2. The van der Waals surface area contributed by atoms with Gasteiger partial charge in [0.25, 0.3) is 0 Å². The Morgan fingerprint density at radius 1 is 1.06 bits per heavy atom. The molecule has 0 aromatic heterocycles. The number of carbonyl (C=O) groups excluding carboxylic acids is 2. The summed E-state index contributed by atoms with van der Waals surface area (Å²) in [5.74, 6) is -1.36. The van der Waals surface area contributed by atoms with Crippen molar-refractivity contribution in [3.05, 3.63) is 0 Å². The van der Waals surface area contributed by atoms with Crippen LogP contribution < -0.4 is 0 Å². The average Bonchev–Trinajstić information content (AvgIpc) is 2.24. The largest absolute Gasteiger partial charge is 0.464 e. The maximum absolute atomic E-state index is 10.8. The van der Waals surface area contributed by atoms with Gasteiger partial charge in [-0.1, -0.05) is 6.92 Å². The molecule has 0 saturated heterocycles. The van der Waals surface area contributed by atoms with E-state index in [0.29, 0.717) is 0 Å². The summed E-state index contributed by atoms with van der Waals surface area (Å²) in [4.78, 5) is 21.6. The predicted octanol–water partition coefficient (Wildman–Crippen LogP) is 0.536. The molecule has 0 rings (SSSR count). The predicted molar refractivity (Wildman–Crippen MR) is 51.5 cm³/mol. The Labute approximate surface area is 93.4 Å². The summed E-state index contributed by atoms with van der Waals surface area (Å²) in [5, 5.41) is 16.4. The van der Waals surface area contributed by atoms with Crippen molar-refractivity contribution in [2.45, 2.75) is 19.8 Å². The van der Waals surface area contributed by atoms with Crippen molar-refractivity contribution in [1.29, 1.82) is 10.5 Å². The molecule has 86 valence electrons. The van der Waals surface area contributed by atoms with E-state index >= 15 is 0 Å². The SMILES string of the molecule is CC(COC(=O)CC#N)COC(=O)CC#N. The third-order valence-corrected chi connectivity index (χ3v) is 1.50. The first-order valence-electron chi connectivity index (χ1n) is 4.65. The summed E-state index contributed by atoms with van der Waals surface area (Å²) in [7, 11) is 0. The van der Waals surface area contributed by atoms with Crippen molar-refractivity contribution in [2.75, 3.05) is 13.2 Å². The summed E-state index contributed by atoms with van der Waals surface area (Å²) in [6, 6.07) is 3.32. The molecule has 0 fully saturated rings. The van der Waals surface area contributed by atoms with Gasteiger partial charge in [-0.2, -0.15) is 10.5 Å². The first-order chi connectivity index (χ1) is 7.60. The van der Waals surface area contributed by atoms with E-state index < -0.39 is 11.9 Å². The average molecular weight is 224 g/mol. The zero-order valence-corrected chi connectivity index (χ0v) is 8.93. The molecule has 0 amide bonds. The van der Waals surface area contributed by atoms with Gasteiger partial charge in [0.1, 0.15) is 12.8 Å². The Morgan fingerprint density at radius 2 is 1.44 bits per heavy atom. The van der Waals surface area contributed by atoms with Crippen LogP contribution in [0.2, 0.25) is 0 Å². The van der Waals surface area contributed by atoms with Crippen LogP contribution in [0.1, 0.15) is 19.8 Å². The highest BCUT2D eigenvalue weighted by Crippen LogP contribution is 1.99. The summed E-state index contributed by atoms with van der Waals surface area (Å²) < 4.78 is 9.44. The second-order valence-corrected chi connectivity index (χ2v) is 3.14. The Balaban J connectivity index is 3.64. The number of nitriles is 2. The Hall–Kier alpha value is -2.08. The maximum Gasteiger partial charge on any atom is 0.320 e. The summed E-state index contributed by atoms with van der Waals surface area (Å²) in [6.07, 6.45) is -0.581. The van der Waals surface area contributed by atoms with Crippen LogP contribution in [0.4, 0.5) is 0 Å². The molecule has 0 aliphatic heterocycles. The zero-order chi connectivity index (χ0) is 12.4. The van der Waals surface area contributed by atoms with E-state index in [1.54, 1.807) is 19.1 Å². The summed E-state index contributed by atoms with van der Waals surface area (Å²) in [5.41, 5.74) is 0. The van der Waals surface area contributed by atoms with Crippen LogP contribution in [0, 0.1) is 28.6 Å². The molecule has 0 atom stereocenters. The number of hydrogen-bond acceptors (Lipinski definition) is 6. The van der Waals surface area contributed by atoms with Gasteiger partial charge >= 0.3 is 11.9 Å². The monoisotopic (exact) mass is 224 g/mol. The van der Waals surface area contributed by atoms with Crippen LogP contribution >= 0.6 is 0 Å². The van der Waals surface area contributed by atoms with Gasteiger partial charge in [0, 0.05) is 5.92 Å². The first-order valence-corrected chi connectivity index (χ1v) is 4.65. The Kier molecular flexibility index (Phi) is 7.17. The topological polar surface area (TPSA) is 100 Å². The quantitative estimate of drug-likeness (QED) is 0.610. The normalized spacial score (nSPS) is 9.00. The van der Waals surface area contributed by atoms with Crippen LogP contribution in [0.15, 0.2) is 0 Å². The second-order valence-electron chi connectivity index (χ2n) is 3.14. The highest BCUT2D eigenvalue weighted by molar-refractivity contribution is 5.72. The molecule has 0 N–H and O–H groups in total. The molecule has 0 heterocycles. The van der Waals surface area contributed by atoms with Crippen molar-refractivity contribution in [3.8, 4) is 12.1 Å². The van der Waals surface area contributed by atoms with E-state index in [4.69, 9.17) is 20.0 Å². The van der Waals surface area contributed by atoms with Crippen molar-refractivity contribution in [3.63, 3.8) is 0 Å². The molecular weight excluding hydrogens is 212 g/mol. The minimum Gasteiger partial charge on any atom is -0.464 e. The summed E-state index contributed by atoms with van der Waals surface area (Å²) >= 11 is 0. The van der Waals surface area contributed by atoms with Crippen LogP contribution in [0.25, 0.3) is 0 Å². The molecule has 0 aromatic rings. The molecule has 16 heavy (non-hydrogen) atoms. The van der Waals surface area contributed by atoms with E-state index in [1.807, 2.05) is 0 Å². The maximum atomic E-state index is 10.8. The van der Waals surface area contributed by atoms with Gasteiger partial charge < -0.3 is 9.47 Å². The van der Waals surface area contributed by atoms with Gasteiger partial charge in [-0.15, -0.1) is 0 Å². The second kappa shape index (κ2) is 8.25. The van der Waals surface area contributed by atoms with E-state index in [1.165, 1.54) is 0 Å². The van der Waals surface area contributed by atoms with Crippen molar-refractivity contribution >= 4 is 11.9 Å². The first kappa shape index (κ1) is 13.9. The fourth-order valence-corrected chi connectivity index (χ4v) is 0.750. The molecule has 0 unspecified atom stereocenters. The lowest BCUT2D eigenvalue weighted by molar-refractivity contribution is -0.147. The number of carbonyl (C=O) groups is 2. The minimum atomic E-state index is -0.599. The van der Waals surface area contributed by atoms with Gasteiger partial charge in [0.05, 0.1) is 25.4 Å². The third-order valence-electron chi connectivity index (χ3n) is 1.50. The van der Waals surface area contributed by atoms with E-state index in [0.717, 1.165) is 0 Å². The minimum absolute atomic E-state index is 0.0837. The molecule has 0 radical (unpaired) electrons. The number of ether oxygens (including phenoxy) is 2. The highest BCUT2D eigenvalue weighted by atomic mass is 16.5. The fraction of sp³-hybridized carbons (Fsp3) is 0.600. The smallest absolute Gasteiger partial charge is 0.320 e. The van der Waals surface area contributed by atoms with Crippen LogP contribution in [0.3, 0.4) is 0 Å². The number of hydrogen-bond donors (Lipinski definition) is 0. The van der Waals surface area contributed by atoms with Crippen molar-refractivity contribution < 1.29 is 19.1 Å². The van der Waals surface area contributed by atoms with Gasteiger partial charge in [-0.05, 0) is 0 Å². The standard InChI is InChI=1S/C10H12N2O4/c1-8(6-15-9(13)2-4-11)7-16-10(14)3-5-12/h8H,2-3,6-7H2,1H3. The molecule has 6 heteroatoms. The molecular formula is C10H12N2O4. The Bertz CT molecular complexity index is 295. The van der Waals surface area contributed by atoms with Gasteiger partial charge in [-0.3, -0.25) is 9.59 Å². The van der Waals surface area contributed by atoms with Crippen LogP contribution in [-0.4, -0.2) is 25.2 Å². The molecule has 0 bridgehead atoms. The molecule has 0 aliphatic rings. The molecule has 0 spiro atoms. The van der Waals surface area contributed by atoms with E-state index in [9.17, 15) is 9.59 Å². The lowest BCUT2D eigenvalue weighted by Gasteiger charge is -2.11. The van der Waals surface area contributed by atoms with Gasteiger partial charge in [0.2, 0.25) is 0 Å². The fourth-order valence-electron chi connectivity index (χ4n) is 0.750.